The number of amides is 1. The SMILES string of the molecule is Cc1nsc(N)c1C(=O)OCC(=O)N[C@@H](C)c1ccccc1. The van der Waals surface area contributed by atoms with Gasteiger partial charge in [-0.3, -0.25) is 4.79 Å². The van der Waals surface area contributed by atoms with E-state index in [-0.39, 0.29) is 24.1 Å². The number of hydrogen-bond acceptors (Lipinski definition) is 6. The normalized spacial score (nSPS) is 11.7. The molecule has 2 aromatic rings. The second kappa shape index (κ2) is 7.04. The number of aromatic nitrogens is 1. The molecular weight excluding hydrogens is 302 g/mol. The molecule has 22 heavy (non-hydrogen) atoms. The van der Waals surface area contributed by atoms with Crippen LogP contribution in [0.4, 0.5) is 5.00 Å². The summed E-state index contributed by atoms with van der Waals surface area (Å²) in [6.07, 6.45) is 0. The molecular formula is C15H17N3O3S. The Labute approximate surface area is 132 Å². The third-order valence-electron chi connectivity index (χ3n) is 3.10. The van der Waals surface area contributed by atoms with Gasteiger partial charge in [-0.05, 0) is 30.9 Å². The van der Waals surface area contributed by atoms with Crippen LogP contribution >= 0.6 is 11.5 Å². The highest BCUT2D eigenvalue weighted by Crippen LogP contribution is 2.21. The van der Waals surface area contributed by atoms with Crippen LogP contribution in [-0.4, -0.2) is 22.9 Å². The zero-order valence-electron chi connectivity index (χ0n) is 12.3. The fourth-order valence-corrected chi connectivity index (χ4v) is 2.60. The van der Waals surface area contributed by atoms with Gasteiger partial charge in [0, 0.05) is 0 Å². The maximum atomic E-state index is 11.9. The number of esters is 1. The van der Waals surface area contributed by atoms with Crippen LogP contribution in [0.25, 0.3) is 0 Å². The van der Waals surface area contributed by atoms with E-state index in [1.807, 2.05) is 37.3 Å². The highest BCUT2D eigenvalue weighted by Gasteiger charge is 2.19. The first-order chi connectivity index (χ1) is 10.5. The van der Waals surface area contributed by atoms with Crippen LogP contribution in [0.3, 0.4) is 0 Å². The van der Waals surface area contributed by atoms with Gasteiger partial charge in [0.2, 0.25) is 0 Å². The molecule has 2 rings (SSSR count). The standard InChI is InChI=1S/C15H17N3O3S/c1-9(11-6-4-3-5-7-11)17-12(19)8-21-15(20)13-10(2)18-22-14(13)16/h3-7,9H,8,16H2,1-2H3,(H,17,19)/t9-/m0/s1. The van der Waals surface area contributed by atoms with E-state index >= 15 is 0 Å². The Morgan fingerprint density at radius 2 is 2.05 bits per heavy atom. The lowest BCUT2D eigenvalue weighted by Crippen LogP contribution is -2.31. The Bertz CT molecular complexity index is 650. The molecule has 0 fully saturated rings. The lowest BCUT2D eigenvalue weighted by molar-refractivity contribution is -0.124. The molecule has 0 unspecified atom stereocenters. The van der Waals surface area contributed by atoms with E-state index in [1.165, 1.54) is 0 Å². The maximum Gasteiger partial charge on any atom is 0.343 e. The molecule has 0 aliphatic heterocycles. The van der Waals surface area contributed by atoms with Crippen LogP contribution in [-0.2, 0) is 9.53 Å². The molecule has 6 nitrogen and oxygen atoms in total. The molecule has 1 aromatic carbocycles. The molecule has 1 amide bonds. The van der Waals surface area contributed by atoms with Gasteiger partial charge in [-0.2, -0.15) is 4.37 Å². The van der Waals surface area contributed by atoms with Crippen molar-refractivity contribution in [1.82, 2.24) is 9.69 Å². The molecule has 0 radical (unpaired) electrons. The van der Waals surface area contributed by atoms with E-state index in [0.717, 1.165) is 17.1 Å². The molecule has 1 atom stereocenters. The summed E-state index contributed by atoms with van der Waals surface area (Å²) in [4.78, 5) is 23.7. The number of carbonyl (C=O) groups excluding carboxylic acids is 2. The number of anilines is 1. The summed E-state index contributed by atoms with van der Waals surface area (Å²) in [5, 5.41) is 3.06. The quantitative estimate of drug-likeness (QED) is 0.823. The molecule has 0 spiro atoms. The minimum atomic E-state index is -0.633. The minimum absolute atomic E-state index is 0.165. The average Bonchev–Trinajstić information content (AvgIpc) is 2.85. The predicted molar refractivity (Wildman–Crippen MR) is 84.5 cm³/mol. The number of benzene rings is 1. The number of rotatable bonds is 5. The Kier molecular flexibility index (Phi) is 5.11. The molecule has 0 aliphatic rings. The average molecular weight is 319 g/mol. The summed E-state index contributed by atoms with van der Waals surface area (Å²) < 4.78 is 8.95. The zero-order chi connectivity index (χ0) is 16.1. The van der Waals surface area contributed by atoms with Crippen LogP contribution in [0, 0.1) is 6.92 Å². The van der Waals surface area contributed by atoms with E-state index in [9.17, 15) is 9.59 Å². The van der Waals surface area contributed by atoms with Gasteiger partial charge in [0.15, 0.2) is 6.61 Å². The Morgan fingerprint density at radius 3 is 2.64 bits per heavy atom. The first-order valence-electron chi connectivity index (χ1n) is 6.72. The summed E-state index contributed by atoms with van der Waals surface area (Å²) in [7, 11) is 0. The number of hydrogen-bond donors (Lipinski definition) is 2. The lowest BCUT2D eigenvalue weighted by Gasteiger charge is -2.14. The molecule has 116 valence electrons. The lowest BCUT2D eigenvalue weighted by atomic mass is 10.1. The van der Waals surface area contributed by atoms with E-state index in [2.05, 4.69) is 9.69 Å². The monoisotopic (exact) mass is 319 g/mol. The van der Waals surface area contributed by atoms with E-state index in [1.54, 1.807) is 6.92 Å². The van der Waals surface area contributed by atoms with Crippen molar-refractivity contribution >= 4 is 28.4 Å². The summed E-state index contributed by atoms with van der Waals surface area (Å²) in [6, 6.07) is 9.36. The Hall–Kier alpha value is -2.41. The third-order valence-corrected chi connectivity index (χ3v) is 3.87. The van der Waals surface area contributed by atoms with Gasteiger partial charge in [-0.25, -0.2) is 4.79 Å². The van der Waals surface area contributed by atoms with Crippen molar-refractivity contribution < 1.29 is 14.3 Å². The van der Waals surface area contributed by atoms with Gasteiger partial charge in [-0.15, -0.1) is 0 Å². The molecule has 0 aliphatic carbocycles. The smallest absolute Gasteiger partial charge is 0.343 e. The fraction of sp³-hybridized carbons (Fsp3) is 0.267. The largest absolute Gasteiger partial charge is 0.452 e. The number of aryl methyl sites for hydroxylation is 1. The van der Waals surface area contributed by atoms with Crippen molar-refractivity contribution in [2.45, 2.75) is 19.9 Å². The van der Waals surface area contributed by atoms with Crippen LogP contribution < -0.4 is 11.1 Å². The fourth-order valence-electron chi connectivity index (χ4n) is 1.95. The number of nitrogen functional groups attached to an aromatic ring is 1. The van der Waals surface area contributed by atoms with Crippen molar-refractivity contribution in [3.63, 3.8) is 0 Å². The van der Waals surface area contributed by atoms with Crippen molar-refractivity contribution in [2.24, 2.45) is 0 Å². The topological polar surface area (TPSA) is 94.3 Å². The second-order valence-corrected chi connectivity index (χ2v) is 5.59. The summed E-state index contributed by atoms with van der Waals surface area (Å²) in [5.74, 6) is -1.00. The van der Waals surface area contributed by atoms with Gasteiger partial charge in [0.05, 0.1) is 11.7 Å². The summed E-state index contributed by atoms with van der Waals surface area (Å²) in [5.41, 5.74) is 7.37. The Morgan fingerprint density at radius 1 is 1.36 bits per heavy atom. The van der Waals surface area contributed by atoms with E-state index in [0.29, 0.717) is 10.7 Å². The van der Waals surface area contributed by atoms with E-state index in [4.69, 9.17) is 10.5 Å². The first kappa shape index (κ1) is 16.0. The maximum absolute atomic E-state index is 11.9. The number of nitrogens with one attached hydrogen (secondary N) is 1. The minimum Gasteiger partial charge on any atom is -0.452 e. The highest BCUT2D eigenvalue weighted by molar-refractivity contribution is 7.10. The van der Waals surface area contributed by atoms with Crippen LogP contribution in [0.15, 0.2) is 30.3 Å². The van der Waals surface area contributed by atoms with Gasteiger partial charge >= 0.3 is 5.97 Å². The van der Waals surface area contributed by atoms with Crippen molar-refractivity contribution in [3.8, 4) is 0 Å². The second-order valence-electron chi connectivity index (χ2n) is 4.78. The van der Waals surface area contributed by atoms with Crippen LogP contribution in [0.1, 0.15) is 34.6 Å². The summed E-state index contributed by atoms with van der Waals surface area (Å²) >= 11 is 1.03. The van der Waals surface area contributed by atoms with Crippen molar-refractivity contribution in [1.29, 1.82) is 0 Å². The highest BCUT2D eigenvalue weighted by atomic mass is 32.1. The van der Waals surface area contributed by atoms with Crippen molar-refractivity contribution in [2.75, 3.05) is 12.3 Å². The number of nitrogens with zero attached hydrogens (tertiary/aromatic N) is 1. The van der Waals surface area contributed by atoms with Crippen molar-refractivity contribution in [3.05, 3.63) is 47.2 Å². The molecule has 0 bridgehead atoms. The van der Waals surface area contributed by atoms with Gasteiger partial charge in [-0.1, -0.05) is 30.3 Å². The zero-order valence-corrected chi connectivity index (χ0v) is 13.1. The van der Waals surface area contributed by atoms with Gasteiger partial charge in [0.1, 0.15) is 10.6 Å². The molecule has 0 saturated heterocycles. The van der Waals surface area contributed by atoms with E-state index < -0.39 is 5.97 Å². The number of ether oxygens (including phenoxy) is 1. The Balaban J connectivity index is 1.87. The third kappa shape index (κ3) is 3.82. The van der Waals surface area contributed by atoms with Gasteiger partial charge in [0.25, 0.3) is 5.91 Å². The molecule has 1 aromatic heterocycles. The first-order valence-corrected chi connectivity index (χ1v) is 7.49. The van der Waals surface area contributed by atoms with Gasteiger partial charge < -0.3 is 15.8 Å². The molecule has 1 heterocycles. The molecule has 3 N–H and O–H groups in total. The molecule has 0 saturated carbocycles. The number of carbonyl (C=O) groups is 2. The van der Waals surface area contributed by atoms with Crippen LogP contribution in [0.5, 0.6) is 0 Å². The predicted octanol–water partition coefficient (Wildman–Crippen LogP) is 2.07. The molecule has 7 heteroatoms. The number of nitrogens with two attached hydrogens (primary N) is 1. The summed E-state index contributed by atoms with van der Waals surface area (Å²) in [6.45, 7) is 3.17. The van der Waals surface area contributed by atoms with Crippen LogP contribution in [0.2, 0.25) is 0 Å².